The molecule has 4 aromatic rings. The van der Waals surface area contributed by atoms with Gasteiger partial charge in [-0.1, -0.05) is 0 Å². The standard InChI is InChI=1S/C25H28FN7O2/c1-16-13-28-19(24(34)30-20-14-29-33(22(20)26)25(2,3)4)12-18(16)17-11-21(31-7-9-35-10-8-31)23-27-5-6-32(23)15-17/h5-6,11-15H,7-10H2,1-4H3,(H,30,34). The van der Waals surface area contributed by atoms with Gasteiger partial charge in [0.15, 0.2) is 5.65 Å². The maximum absolute atomic E-state index is 14.8. The second kappa shape index (κ2) is 8.77. The third-order valence-electron chi connectivity index (χ3n) is 6.06. The Kier molecular flexibility index (Phi) is 5.76. The maximum Gasteiger partial charge on any atom is 0.274 e. The summed E-state index contributed by atoms with van der Waals surface area (Å²) in [5.41, 5.74) is 4.24. The third-order valence-corrected chi connectivity index (χ3v) is 6.06. The van der Waals surface area contributed by atoms with Crippen molar-refractivity contribution in [1.82, 2.24) is 24.1 Å². The van der Waals surface area contributed by atoms with Gasteiger partial charge in [-0.2, -0.15) is 9.49 Å². The Morgan fingerprint density at radius 1 is 1.14 bits per heavy atom. The Balaban J connectivity index is 1.49. The summed E-state index contributed by atoms with van der Waals surface area (Å²) in [6.07, 6.45) is 8.64. The summed E-state index contributed by atoms with van der Waals surface area (Å²) >= 11 is 0. The Bertz CT molecular complexity index is 1400. The van der Waals surface area contributed by atoms with E-state index in [-0.39, 0.29) is 11.4 Å². The molecule has 9 nitrogen and oxygen atoms in total. The molecule has 0 atom stereocenters. The monoisotopic (exact) mass is 477 g/mol. The molecule has 1 aliphatic rings. The molecule has 0 radical (unpaired) electrons. The zero-order valence-electron chi connectivity index (χ0n) is 20.2. The Hall–Kier alpha value is -3.79. The van der Waals surface area contributed by atoms with Crippen LogP contribution in [0.4, 0.5) is 15.8 Å². The molecule has 1 N–H and O–H groups in total. The average molecular weight is 478 g/mol. The number of anilines is 2. The summed E-state index contributed by atoms with van der Waals surface area (Å²) in [7, 11) is 0. The van der Waals surface area contributed by atoms with Gasteiger partial charge in [0.2, 0.25) is 5.95 Å². The van der Waals surface area contributed by atoms with Gasteiger partial charge in [-0.05, 0) is 51.0 Å². The quantitative estimate of drug-likeness (QED) is 0.480. The van der Waals surface area contributed by atoms with Gasteiger partial charge in [-0.3, -0.25) is 9.78 Å². The van der Waals surface area contributed by atoms with E-state index in [0.717, 1.165) is 41.1 Å². The SMILES string of the molecule is Cc1cnc(C(=O)Nc2cnn(C(C)(C)C)c2F)cc1-c1cc(N2CCOCC2)c2nccn2c1. The molecule has 182 valence electrons. The van der Waals surface area contributed by atoms with Gasteiger partial charge in [0, 0.05) is 43.4 Å². The molecular formula is C25H28FN7O2. The number of fused-ring (bicyclic) bond motifs is 1. The highest BCUT2D eigenvalue weighted by Crippen LogP contribution is 2.31. The van der Waals surface area contributed by atoms with Gasteiger partial charge in [0.1, 0.15) is 11.4 Å². The van der Waals surface area contributed by atoms with Gasteiger partial charge in [-0.25, -0.2) is 9.67 Å². The highest BCUT2D eigenvalue weighted by atomic mass is 19.1. The number of hydrogen-bond acceptors (Lipinski definition) is 6. The lowest BCUT2D eigenvalue weighted by molar-refractivity contribution is 0.102. The van der Waals surface area contributed by atoms with Crippen LogP contribution in [0.1, 0.15) is 36.8 Å². The number of aromatic nitrogens is 5. The van der Waals surface area contributed by atoms with Crippen LogP contribution in [0.25, 0.3) is 16.8 Å². The molecule has 10 heteroatoms. The van der Waals surface area contributed by atoms with Crippen molar-refractivity contribution in [2.75, 3.05) is 36.5 Å². The number of halogens is 1. The molecule has 1 amide bonds. The third kappa shape index (κ3) is 4.37. The molecule has 0 aliphatic carbocycles. The van der Waals surface area contributed by atoms with E-state index in [1.807, 2.05) is 44.5 Å². The van der Waals surface area contributed by atoms with E-state index in [9.17, 15) is 9.18 Å². The molecule has 0 aromatic carbocycles. The molecule has 4 aromatic heterocycles. The fourth-order valence-electron chi connectivity index (χ4n) is 4.23. The van der Waals surface area contributed by atoms with Crippen LogP contribution in [0.2, 0.25) is 0 Å². The van der Waals surface area contributed by atoms with Crippen LogP contribution in [0.15, 0.2) is 43.1 Å². The first-order valence-electron chi connectivity index (χ1n) is 11.5. The first kappa shape index (κ1) is 23.0. The highest BCUT2D eigenvalue weighted by molar-refractivity contribution is 6.03. The number of morpholine rings is 1. The van der Waals surface area contributed by atoms with Crippen molar-refractivity contribution >= 4 is 22.9 Å². The van der Waals surface area contributed by atoms with Crippen molar-refractivity contribution in [1.29, 1.82) is 0 Å². The molecule has 5 heterocycles. The van der Waals surface area contributed by atoms with E-state index in [4.69, 9.17) is 4.74 Å². The van der Waals surface area contributed by atoms with E-state index in [0.29, 0.717) is 13.2 Å². The minimum Gasteiger partial charge on any atom is -0.378 e. The number of nitrogens with one attached hydrogen (secondary N) is 1. The summed E-state index contributed by atoms with van der Waals surface area (Å²) in [5.74, 6) is -1.10. The summed E-state index contributed by atoms with van der Waals surface area (Å²) < 4.78 is 23.5. The van der Waals surface area contributed by atoms with Gasteiger partial charge in [0.05, 0.1) is 30.6 Å². The fourth-order valence-corrected chi connectivity index (χ4v) is 4.23. The van der Waals surface area contributed by atoms with Gasteiger partial charge in [0.25, 0.3) is 5.91 Å². The number of pyridine rings is 2. The largest absolute Gasteiger partial charge is 0.378 e. The topological polar surface area (TPSA) is 89.6 Å². The molecule has 0 saturated carbocycles. The average Bonchev–Trinajstić information content (AvgIpc) is 3.45. The first-order chi connectivity index (χ1) is 16.7. The lowest BCUT2D eigenvalue weighted by Gasteiger charge is -2.29. The van der Waals surface area contributed by atoms with E-state index in [1.165, 1.54) is 10.9 Å². The molecule has 35 heavy (non-hydrogen) atoms. The molecular weight excluding hydrogens is 449 g/mol. The predicted molar refractivity (Wildman–Crippen MR) is 131 cm³/mol. The molecule has 1 aliphatic heterocycles. The van der Waals surface area contributed by atoms with Crippen LogP contribution in [0.3, 0.4) is 0 Å². The van der Waals surface area contributed by atoms with Crippen LogP contribution >= 0.6 is 0 Å². The molecule has 5 rings (SSSR count). The normalized spacial score (nSPS) is 14.5. The molecule has 1 fully saturated rings. The first-order valence-corrected chi connectivity index (χ1v) is 11.5. The Labute approximate surface area is 202 Å². The Morgan fingerprint density at radius 2 is 1.91 bits per heavy atom. The maximum atomic E-state index is 14.8. The van der Waals surface area contributed by atoms with Crippen LogP contribution in [-0.4, -0.2) is 56.4 Å². The predicted octanol–water partition coefficient (Wildman–Crippen LogP) is 3.88. The Morgan fingerprint density at radius 3 is 2.63 bits per heavy atom. The summed E-state index contributed by atoms with van der Waals surface area (Å²) in [5, 5.41) is 6.68. The number of ether oxygens (including phenoxy) is 1. The number of nitrogens with zero attached hydrogens (tertiary/aromatic N) is 6. The molecule has 0 spiro atoms. The molecule has 0 bridgehead atoms. The second-order valence-corrected chi connectivity index (χ2v) is 9.64. The number of carbonyl (C=O) groups is 1. The van der Waals surface area contributed by atoms with Gasteiger partial charge < -0.3 is 19.4 Å². The second-order valence-electron chi connectivity index (χ2n) is 9.64. The van der Waals surface area contributed by atoms with Crippen LogP contribution in [-0.2, 0) is 10.3 Å². The van der Waals surface area contributed by atoms with Gasteiger partial charge in [-0.15, -0.1) is 0 Å². The number of hydrogen-bond donors (Lipinski definition) is 1. The van der Waals surface area contributed by atoms with Crippen molar-refractivity contribution < 1.29 is 13.9 Å². The number of amides is 1. The fraction of sp³-hybridized carbons (Fsp3) is 0.360. The van der Waals surface area contributed by atoms with Crippen molar-refractivity contribution in [2.24, 2.45) is 0 Å². The van der Waals surface area contributed by atoms with E-state index < -0.39 is 17.4 Å². The zero-order valence-corrected chi connectivity index (χ0v) is 20.2. The summed E-state index contributed by atoms with van der Waals surface area (Å²) in [6.45, 7) is 10.4. The van der Waals surface area contributed by atoms with Crippen molar-refractivity contribution in [3.05, 3.63) is 60.3 Å². The minimum atomic E-state index is -0.598. The lowest BCUT2D eigenvalue weighted by atomic mass is 10.0. The van der Waals surface area contributed by atoms with Crippen LogP contribution in [0.5, 0.6) is 0 Å². The number of imidazole rings is 1. The van der Waals surface area contributed by atoms with Crippen molar-refractivity contribution in [3.8, 4) is 11.1 Å². The zero-order chi connectivity index (χ0) is 24.7. The van der Waals surface area contributed by atoms with Crippen LogP contribution < -0.4 is 10.2 Å². The molecule has 1 saturated heterocycles. The number of rotatable bonds is 4. The van der Waals surface area contributed by atoms with Crippen molar-refractivity contribution in [2.45, 2.75) is 33.2 Å². The highest BCUT2D eigenvalue weighted by Gasteiger charge is 2.23. The van der Waals surface area contributed by atoms with E-state index >= 15 is 0 Å². The van der Waals surface area contributed by atoms with Gasteiger partial charge >= 0.3 is 0 Å². The minimum absolute atomic E-state index is 0.0169. The van der Waals surface area contributed by atoms with Crippen LogP contribution in [0, 0.1) is 12.9 Å². The summed E-state index contributed by atoms with van der Waals surface area (Å²) in [6, 6.07) is 3.82. The van der Waals surface area contributed by atoms with E-state index in [2.05, 4.69) is 31.3 Å². The number of carbonyl (C=O) groups excluding carboxylic acids is 1. The van der Waals surface area contributed by atoms with Crippen molar-refractivity contribution in [3.63, 3.8) is 0 Å². The molecule has 0 unspecified atom stereocenters. The number of aryl methyl sites for hydroxylation is 1. The summed E-state index contributed by atoms with van der Waals surface area (Å²) in [4.78, 5) is 24.1. The smallest absolute Gasteiger partial charge is 0.274 e. The van der Waals surface area contributed by atoms with E-state index in [1.54, 1.807) is 18.5 Å². The lowest BCUT2D eigenvalue weighted by Crippen LogP contribution is -2.36.